The molecule has 2 rings (SSSR count). The third kappa shape index (κ3) is 2.68. The van der Waals surface area contributed by atoms with Gasteiger partial charge in [0.05, 0.1) is 10.8 Å². The van der Waals surface area contributed by atoms with Gasteiger partial charge in [-0.3, -0.25) is 14.9 Å². The molecule has 1 aliphatic carbocycles. The number of halogens is 2. The van der Waals surface area contributed by atoms with E-state index in [1.54, 1.807) is 0 Å². The summed E-state index contributed by atoms with van der Waals surface area (Å²) in [7, 11) is 0. The van der Waals surface area contributed by atoms with Gasteiger partial charge in [-0.2, -0.15) is 4.39 Å². The molecule has 1 saturated carbocycles. The first-order chi connectivity index (χ1) is 9.40. The van der Waals surface area contributed by atoms with Crippen LogP contribution >= 0.6 is 0 Å². The molecule has 2 atom stereocenters. The molecule has 1 aliphatic rings. The molecule has 1 aromatic carbocycles. The van der Waals surface area contributed by atoms with Crippen LogP contribution in [0, 0.1) is 27.7 Å². The zero-order chi connectivity index (χ0) is 14.9. The van der Waals surface area contributed by atoms with E-state index in [0.717, 1.165) is 6.07 Å². The molecule has 8 heteroatoms. The maximum atomic E-state index is 13.5. The normalized spacial score (nSPS) is 21.7. The van der Waals surface area contributed by atoms with Crippen molar-refractivity contribution in [3.05, 3.63) is 33.9 Å². The van der Waals surface area contributed by atoms with Crippen LogP contribution in [0.2, 0.25) is 0 Å². The number of nitro benzene ring substituents is 1. The van der Waals surface area contributed by atoms with Crippen molar-refractivity contribution in [1.29, 1.82) is 0 Å². The summed E-state index contributed by atoms with van der Waals surface area (Å²) >= 11 is 0. The van der Waals surface area contributed by atoms with Crippen molar-refractivity contribution in [2.24, 2.45) is 5.92 Å². The number of nitrogens with one attached hydrogen (secondary N) is 1. The van der Waals surface area contributed by atoms with Crippen LogP contribution < -0.4 is 5.32 Å². The first kappa shape index (κ1) is 14.2. The summed E-state index contributed by atoms with van der Waals surface area (Å²) in [4.78, 5) is 20.9. The topological polar surface area (TPSA) is 92.5 Å². The Hall–Kier alpha value is -2.25. The van der Waals surface area contributed by atoms with Crippen LogP contribution in [-0.4, -0.2) is 22.0 Å². The van der Waals surface area contributed by atoms with Gasteiger partial charge in [0.2, 0.25) is 5.82 Å². The van der Waals surface area contributed by atoms with Gasteiger partial charge < -0.3 is 10.4 Å². The van der Waals surface area contributed by atoms with Crippen molar-refractivity contribution < 1.29 is 23.6 Å². The average molecular weight is 286 g/mol. The van der Waals surface area contributed by atoms with Gasteiger partial charge in [0, 0.05) is 18.2 Å². The molecule has 1 fully saturated rings. The quantitative estimate of drug-likeness (QED) is 0.655. The first-order valence-electron chi connectivity index (χ1n) is 6.03. The minimum Gasteiger partial charge on any atom is -0.481 e. The molecule has 0 radical (unpaired) electrons. The number of carboxylic acid groups (broad SMARTS) is 1. The maximum absolute atomic E-state index is 13.5. The molecule has 0 spiro atoms. The molecular weight excluding hydrogens is 274 g/mol. The van der Waals surface area contributed by atoms with E-state index < -0.39 is 40.2 Å². The number of hydrogen-bond acceptors (Lipinski definition) is 4. The van der Waals surface area contributed by atoms with E-state index in [9.17, 15) is 23.7 Å². The highest BCUT2D eigenvalue weighted by Gasteiger charge is 2.34. The average Bonchev–Trinajstić information content (AvgIpc) is 2.75. The zero-order valence-electron chi connectivity index (χ0n) is 10.3. The Balaban J connectivity index is 2.33. The molecule has 0 aliphatic heterocycles. The van der Waals surface area contributed by atoms with Crippen LogP contribution in [0.25, 0.3) is 0 Å². The molecule has 6 nitrogen and oxygen atoms in total. The number of carbonyl (C=O) groups is 1. The van der Waals surface area contributed by atoms with Gasteiger partial charge >= 0.3 is 11.7 Å². The minimum atomic E-state index is -1.29. The molecule has 0 bridgehead atoms. The number of benzene rings is 1. The highest BCUT2D eigenvalue weighted by Crippen LogP contribution is 2.34. The number of nitrogens with zero attached hydrogens (tertiary/aromatic N) is 1. The third-order valence-electron chi connectivity index (χ3n) is 3.38. The number of anilines is 1. The van der Waals surface area contributed by atoms with E-state index in [1.165, 1.54) is 0 Å². The lowest BCUT2D eigenvalue weighted by Crippen LogP contribution is -2.30. The smallest absolute Gasteiger partial charge is 0.327 e. The van der Waals surface area contributed by atoms with E-state index in [2.05, 4.69) is 5.32 Å². The van der Waals surface area contributed by atoms with Crippen LogP contribution in [0.1, 0.15) is 19.3 Å². The summed E-state index contributed by atoms with van der Waals surface area (Å²) in [5.74, 6) is -4.00. The molecule has 0 amide bonds. The Kier molecular flexibility index (Phi) is 3.82. The molecular formula is C12H12F2N2O4. The Morgan fingerprint density at radius 2 is 2.10 bits per heavy atom. The molecule has 108 valence electrons. The standard InChI is InChI=1S/C12H12F2N2O4/c13-6-4-8(14)11(16(19)20)10(5-6)15-9-3-1-2-7(9)12(17)18/h4-5,7,9,15H,1-3H2,(H,17,18). The van der Waals surface area contributed by atoms with Crippen molar-refractivity contribution in [3.8, 4) is 0 Å². The van der Waals surface area contributed by atoms with Crippen LogP contribution in [0.15, 0.2) is 12.1 Å². The van der Waals surface area contributed by atoms with E-state index in [-0.39, 0.29) is 5.69 Å². The predicted octanol–water partition coefficient (Wildman–Crippen LogP) is 2.54. The van der Waals surface area contributed by atoms with Crippen molar-refractivity contribution >= 4 is 17.3 Å². The van der Waals surface area contributed by atoms with Crippen LogP contribution in [0.4, 0.5) is 20.2 Å². The second kappa shape index (κ2) is 5.40. The zero-order valence-corrected chi connectivity index (χ0v) is 10.3. The van der Waals surface area contributed by atoms with Gasteiger partial charge in [0.1, 0.15) is 11.5 Å². The lowest BCUT2D eigenvalue weighted by Gasteiger charge is -2.18. The number of aliphatic carboxylic acids is 1. The highest BCUT2D eigenvalue weighted by molar-refractivity contribution is 5.73. The Labute approximate surface area is 112 Å². The summed E-state index contributed by atoms with van der Waals surface area (Å²) < 4.78 is 26.6. The van der Waals surface area contributed by atoms with Gasteiger partial charge in [-0.1, -0.05) is 6.42 Å². The van der Waals surface area contributed by atoms with Crippen molar-refractivity contribution in [1.82, 2.24) is 0 Å². The molecule has 1 aromatic rings. The fourth-order valence-electron chi connectivity index (χ4n) is 2.49. The molecule has 0 aromatic heterocycles. The number of nitro groups is 1. The lowest BCUT2D eigenvalue weighted by molar-refractivity contribution is -0.386. The molecule has 20 heavy (non-hydrogen) atoms. The number of hydrogen-bond donors (Lipinski definition) is 2. The Bertz CT molecular complexity index is 565. The Morgan fingerprint density at radius 1 is 1.40 bits per heavy atom. The second-order valence-corrected chi connectivity index (χ2v) is 4.67. The van der Waals surface area contributed by atoms with Crippen molar-refractivity contribution in [3.63, 3.8) is 0 Å². The van der Waals surface area contributed by atoms with E-state index >= 15 is 0 Å². The van der Waals surface area contributed by atoms with Gasteiger partial charge in [-0.05, 0) is 12.8 Å². The predicted molar refractivity (Wildman–Crippen MR) is 65.4 cm³/mol. The fraction of sp³-hybridized carbons (Fsp3) is 0.417. The van der Waals surface area contributed by atoms with E-state index in [0.29, 0.717) is 25.3 Å². The summed E-state index contributed by atoms with van der Waals surface area (Å²) in [6.07, 6.45) is 1.55. The maximum Gasteiger partial charge on any atom is 0.327 e. The van der Waals surface area contributed by atoms with Crippen LogP contribution in [0.5, 0.6) is 0 Å². The van der Waals surface area contributed by atoms with Gasteiger partial charge in [-0.15, -0.1) is 0 Å². The summed E-state index contributed by atoms with van der Waals surface area (Å²) in [6, 6.07) is 0.651. The van der Waals surface area contributed by atoms with Crippen molar-refractivity contribution in [2.75, 3.05) is 5.32 Å². The molecule has 0 saturated heterocycles. The van der Waals surface area contributed by atoms with E-state index in [4.69, 9.17) is 5.11 Å². The van der Waals surface area contributed by atoms with E-state index in [1.807, 2.05) is 0 Å². The summed E-state index contributed by atoms with van der Waals surface area (Å²) in [6.45, 7) is 0. The van der Waals surface area contributed by atoms with Gasteiger partial charge in [0.25, 0.3) is 0 Å². The summed E-state index contributed by atoms with van der Waals surface area (Å²) in [5.41, 5.74) is -1.20. The van der Waals surface area contributed by atoms with Gasteiger partial charge in [0.15, 0.2) is 0 Å². The Morgan fingerprint density at radius 3 is 2.70 bits per heavy atom. The van der Waals surface area contributed by atoms with Crippen LogP contribution in [0.3, 0.4) is 0 Å². The molecule has 2 N–H and O–H groups in total. The SMILES string of the molecule is O=C(O)C1CCCC1Nc1cc(F)cc(F)c1[N+](=O)[O-]. The monoisotopic (exact) mass is 286 g/mol. The lowest BCUT2D eigenvalue weighted by atomic mass is 10.0. The highest BCUT2D eigenvalue weighted by atomic mass is 19.1. The number of rotatable bonds is 4. The third-order valence-corrected chi connectivity index (χ3v) is 3.38. The molecule has 2 unspecified atom stereocenters. The van der Waals surface area contributed by atoms with Crippen molar-refractivity contribution in [2.45, 2.75) is 25.3 Å². The second-order valence-electron chi connectivity index (χ2n) is 4.67. The fourth-order valence-corrected chi connectivity index (χ4v) is 2.49. The molecule has 0 heterocycles. The van der Waals surface area contributed by atoms with Gasteiger partial charge in [-0.25, -0.2) is 4.39 Å². The minimum absolute atomic E-state index is 0.328. The van der Waals surface area contributed by atoms with Crippen LogP contribution in [-0.2, 0) is 4.79 Å². The largest absolute Gasteiger partial charge is 0.481 e. The number of carboxylic acids is 1. The first-order valence-corrected chi connectivity index (χ1v) is 6.03. The summed E-state index contributed by atoms with van der Waals surface area (Å²) in [5, 5.41) is 22.5.